The van der Waals surface area contributed by atoms with Crippen molar-refractivity contribution < 1.29 is 24.2 Å². The topological polar surface area (TPSA) is 72.8 Å². The summed E-state index contributed by atoms with van der Waals surface area (Å²) >= 11 is 0. The standard InChI is InChI=1S/C17H18O5/c1-7-6-9(21-5)13(18)11-10(7)16-12(15(20)14(11)19)17(3,4)8(2)22-16/h6,8,18H,1-5H3/t8-/m1/s1. The molecule has 0 aromatic heterocycles. The Hall–Kier alpha value is -2.30. The van der Waals surface area contributed by atoms with Crippen molar-refractivity contribution in [3.8, 4) is 11.5 Å². The number of Topliss-reactive ketones (excluding diaryl/α,β-unsaturated/α-hetero) is 2. The van der Waals surface area contributed by atoms with Crippen LogP contribution < -0.4 is 4.74 Å². The van der Waals surface area contributed by atoms with Gasteiger partial charge in [-0.25, -0.2) is 0 Å². The van der Waals surface area contributed by atoms with E-state index < -0.39 is 17.0 Å². The quantitative estimate of drug-likeness (QED) is 0.807. The van der Waals surface area contributed by atoms with Gasteiger partial charge in [-0.15, -0.1) is 0 Å². The molecular weight excluding hydrogens is 284 g/mol. The van der Waals surface area contributed by atoms with E-state index in [2.05, 4.69) is 0 Å². The van der Waals surface area contributed by atoms with Crippen LogP contribution in [0.1, 0.15) is 42.3 Å². The van der Waals surface area contributed by atoms with Crippen LogP contribution in [0.25, 0.3) is 5.76 Å². The van der Waals surface area contributed by atoms with Crippen LogP contribution in [0.15, 0.2) is 11.6 Å². The average molecular weight is 302 g/mol. The number of benzene rings is 1. The molecule has 116 valence electrons. The van der Waals surface area contributed by atoms with Gasteiger partial charge in [-0.05, 0) is 25.5 Å². The van der Waals surface area contributed by atoms with Gasteiger partial charge in [0.15, 0.2) is 11.5 Å². The third-order valence-electron chi connectivity index (χ3n) is 4.75. The lowest BCUT2D eigenvalue weighted by Gasteiger charge is -2.25. The lowest BCUT2D eigenvalue weighted by atomic mass is 9.73. The number of ether oxygens (including phenoxy) is 2. The van der Waals surface area contributed by atoms with Crippen LogP contribution in [0, 0.1) is 12.3 Å². The fourth-order valence-electron chi connectivity index (χ4n) is 3.13. The first-order valence-corrected chi connectivity index (χ1v) is 7.13. The van der Waals surface area contributed by atoms with Crippen molar-refractivity contribution >= 4 is 17.3 Å². The predicted molar refractivity (Wildman–Crippen MR) is 80.0 cm³/mol. The Morgan fingerprint density at radius 1 is 1.23 bits per heavy atom. The first-order valence-electron chi connectivity index (χ1n) is 7.13. The maximum atomic E-state index is 12.6. The van der Waals surface area contributed by atoms with E-state index in [0.717, 1.165) is 5.56 Å². The third kappa shape index (κ3) is 1.59. The summed E-state index contributed by atoms with van der Waals surface area (Å²) in [6.45, 7) is 7.44. The van der Waals surface area contributed by atoms with E-state index in [4.69, 9.17) is 9.47 Å². The van der Waals surface area contributed by atoms with Crippen molar-refractivity contribution in [3.05, 3.63) is 28.3 Å². The minimum Gasteiger partial charge on any atom is -0.504 e. The molecular formula is C17H18O5. The minimum absolute atomic E-state index is 0.0227. The van der Waals surface area contributed by atoms with Crippen LogP contribution in [-0.4, -0.2) is 29.9 Å². The molecule has 22 heavy (non-hydrogen) atoms. The number of ketones is 2. The van der Waals surface area contributed by atoms with Gasteiger partial charge in [-0.3, -0.25) is 9.59 Å². The van der Waals surface area contributed by atoms with Gasteiger partial charge < -0.3 is 14.6 Å². The summed E-state index contributed by atoms with van der Waals surface area (Å²) in [6.07, 6.45) is -0.233. The molecule has 5 nitrogen and oxygen atoms in total. The van der Waals surface area contributed by atoms with Gasteiger partial charge in [0.1, 0.15) is 11.9 Å². The Labute approximate surface area is 128 Å². The number of methoxy groups -OCH3 is 1. The van der Waals surface area contributed by atoms with E-state index in [1.807, 2.05) is 20.8 Å². The molecule has 1 heterocycles. The Kier molecular flexibility index (Phi) is 2.89. The van der Waals surface area contributed by atoms with Crippen molar-refractivity contribution in [1.82, 2.24) is 0 Å². The van der Waals surface area contributed by atoms with Crippen molar-refractivity contribution in [1.29, 1.82) is 0 Å². The highest BCUT2D eigenvalue weighted by molar-refractivity contribution is 6.53. The van der Waals surface area contributed by atoms with E-state index in [9.17, 15) is 14.7 Å². The highest BCUT2D eigenvalue weighted by atomic mass is 16.5. The number of hydrogen-bond acceptors (Lipinski definition) is 5. The molecule has 1 N–H and O–H groups in total. The highest BCUT2D eigenvalue weighted by Gasteiger charge is 2.51. The first kappa shape index (κ1) is 14.6. The molecule has 2 aliphatic rings. The number of phenolic OH excluding ortho intramolecular Hbond substituents is 1. The molecule has 5 heteroatoms. The van der Waals surface area contributed by atoms with E-state index in [-0.39, 0.29) is 23.2 Å². The van der Waals surface area contributed by atoms with Crippen molar-refractivity contribution in [2.75, 3.05) is 7.11 Å². The summed E-state index contributed by atoms with van der Waals surface area (Å²) in [4.78, 5) is 25.1. The molecule has 0 unspecified atom stereocenters. The summed E-state index contributed by atoms with van der Waals surface area (Å²) in [6, 6.07) is 1.64. The number of carbonyl (C=O) groups excluding carboxylic acids is 2. The number of fused-ring (bicyclic) bond motifs is 2. The smallest absolute Gasteiger partial charge is 0.237 e. The highest BCUT2D eigenvalue weighted by Crippen LogP contribution is 2.52. The Morgan fingerprint density at radius 3 is 2.45 bits per heavy atom. The molecule has 0 spiro atoms. The summed E-state index contributed by atoms with van der Waals surface area (Å²) in [7, 11) is 1.40. The van der Waals surface area contributed by atoms with Crippen LogP contribution in [0.4, 0.5) is 0 Å². The molecule has 0 amide bonds. The zero-order chi connectivity index (χ0) is 16.4. The Balaban J connectivity index is 2.40. The van der Waals surface area contributed by atoms with Crippen molar-refractivity contribution in [2.45, 2.75) is 33.8 Å². The van der Waals surface area contributed by atoms with Gasteiger partial charge in [-0.2, -0.15) is 0 Å². The SMILES string of the molecule is COc1cc(C)c2c(c1O)C(=O)C(=O)C1=C2O[C@H](C)C1(C)C. The molecule has 1 aliphatic heterocycles. The minimum atomic E-state index is -0.709. The molecule has 1 atom stereocenters. The van der Waals surface area contributed by atoms with E-state index >= 15 is 0 Å². The second-order valence-electron chi connectivity index (χ2n) is 6.34. The fourth-order valence-corrected chi connectivity index (χ4v) is 3.13. The third-order valence-corrected chi connectivity index (χ3v) is 4.75. The lowest BCUT2D eigenvalue weighted by molar-refractivity contribution is -0.112. The lowest BCUT2D eigenvalue weighted by Crippen LogP contribution is -2.32. The van der Waals surface area contributed by atoms with Gasteiger partial charge in [0.2, 0.25) is 11.6 Å². The van der Waals surface area contributed by atoms with Crippen LogP contribution >= 0.6 is 0 Å². The predicted octanol–water partition coefficient (Wildman–Crippen LogP) is 2.63. The largest absolute Gasteiger partial charge is 0.504 e. The number of rotatable bonds is 1. The van der Waals surface area contributed by atoms with Crippen LogP contribution in [0.3, 0.4) is 0 Å². The maximum Gasteiger partial charge on any atom is 0.237 e. The number of carbonyl (C=O) groups is 2. The zero-order valence-corrected chi connectivity index (χ0v) is 13.2. The molecule has 1 aromatic rings. The first-order chi connectivity index (χ1) is 10.2. The number of aromatic hydroxyl groups is 1. The molecule has 0 radical (unpaired) electrons. The van der Waals surface area contributed by atoms with E-state index in [1.54, 1.807) is 13.0 Å². The normalized spacial score (nSPS) is 22.3. The monoisotopic (exact) mass is 302 g/mol. The van der Waals surface area contributed by atoms with Gasteiger partial charge in [0.25, 0.3) is 0 Å². The molecule has 0 bridgehead atoms. The molecule has 1 aliphatic carbocycles. The number of phenols is 1. The molecule has 0 fully saturated rings. The molecule has 0 saturated carbocycles. The van der Waals surface area contributed by atoms with E-state index in [1.165, 1.54) is 7.11 Å². The van der Waals surface area contributed by atoms with E-state index in [0.29, 0.717) is 16.9 Å². The van der Waals surface area contributed by atoms with Crippen LogP contribution in [0.5, 0.6) is 11.5 Å². The summed E-state index contributed by atoms with van der Waals surface area (Å²) in [5.74, 6) is -1.05. The molecule has 3 rings (SSSR count). The van der Waals surface area contributed by atoms with Gasteiger partial charge in [-0.1, -0.05) is 13.8 Å². The average Bonchev–Trinajstić information content (AvgIpc) is 2.68. The summed E-state index contributed by atoms with van der Waals surface area (Å²) in [5.41, 5.74) is 1.04. The van der Waals surface area contributed by atoms with Gasteiger partial charge >= 0.3 is 0 Å². The van der Waals surface area contributed by atoms with Crippen molar-refractivity contribution in [2.24, 2.45) is 5.41 Å². The Bertz CT molecular complexity index is 755. The van der Waals surface area contributed by atoms with Crippen molar-refractivity contribution in [3.63, 3.8) is 0 Å². The maximum absolute atomic E-state index is 12.6. The van der Waals surface area contributed by atoms with Crippen LogP contribution in [0.2, 0.25) is 0 Å². The summed E-state index contributed by atoms with van der Waals surface area (Å²) < 4.78 is 11.0. The second-order valence-corrected chi connectivity index (χ2v) is 6.34. The van der Waals surface area contributed by atoms with Gasteiger partial charge in [0.05, 0.1) is 18.2 Å². The number of hydrogen-bond donors (Lipinski definition) is 1. The number of aryl methyl sites for hydroxylation is 1. The van der Waals surface area contributed by atoms with Gasteiger partial charge in [0, 0.05) is 11.0 Å². The summed E-state index contributed by atoms with van der Waals surface area (Å²) in [5, 5.41) is 10.3. The molecule has 1 aromatic carbocycles. The Morgan fingerprint density at radius 2 is 1.86 bits per heavy atom. The zero-order valence-electron chi connectivity index (χ0n) is 13.2. The molecule has 0 saturated heterocycles. The fraction of sp³-hybridized carbons (Fsp3) is 0.412. The second kappa shape index (κ2) is 4.35. The van der Waals surface area contributed by atoms with Crippen LogP contribution in [-0.2, 0) is 9.53 Å².